The standard InChI is InChI=1S/C22H21N3O6S/c1-15-13-19(24-31-15)23-21(26)20(16-7-3-2-4-8-16)30-22(27)17-9-5-10-18(14-17)25-11-6-12-32(25,28)29/h2-5,7-10,13-14,20H,6,11-12H2,1H3,(H,23,24,26). The summed E-state index contributed by atoms with van der Waals surface area (Å²) in [7, 11) is -3.39. The highest BCUT2D eigenvalue weighted by molar-refractivity contribution is 7.93. The molecule has 0 radical (unpaired) electrons. The Morgan fingerprint density at radius 3 is 2.56 bits per heavy atom. The van der Waals surface area contributed by atoms with Crippen molar-refractivity contribution in [1.82, 2.24) is 5.16 Å². The van der Waals surface area contributed by atoms with Gasteiger partial charge < -0.3 is 14.6 Å². The highest BCUT2D eigenvalue weighted by atomic mass is 32.2. The Balaban J connectivity index is 1.58. The van der Waals surface area contributed by atoms with Gasteiger partial charge in [0, 0.05) is 18.2 Å². The molecule has 1 aromatic heterocycles. The van der Waals surface area contributed by atoms with Crippen LogP contribution in [-0.2, 0) is 19.6 Å². The van der Waals surface area contributed by atoms with Crippen molar-refractivity contribution in [3.05, 3.63) is 77.6 Å². The number of nitrogens with zero attached hydrogens (tertiary/aromatic N) is 2. The summed E-state index contributed by atoms with van der Waals surface area (Å²) < 4.78 is 36.2. The molecule has 1 aliphatic rings. The third-order valence-corrected chi connectivity index (χ3v) is 6.78. The number of hydrogen-bond acceptors (Lipinski definition) is 7. The molecule has 4 rings (SSSR count). The van der Waals surface area contributed by atoms with E-state index in [0.717, 1.165) is 0 Å². The molecule has 3 aromatic rings. The molecule has 1 saturated heterocycles. The van der Waals surface area contributed by atoms with E-state index in [1.807, 2.05) is 0 Å². The maximum atomic E-state index is 12.9. The lowest BCUT2D eigenvalue weighted by Crippen LogP contribution is -2.27. The van der Waals surface area contributed by atoms with Crippen LogP contribution < -0.4 is 9.62 Å². The topological polar surface area (TPSA) is 119 Å². The number of benzene rings is 2. The van der Waals surface area contributed by atoms with Crippen LogP contribution in [0.4, 0.5) is 11.5 Å². The molecule has 166 valence electrons. The van der Waals surface area contributed by atoms with E-state index < -0.39 is 28.0 Å². The van der Waals surface area contributed by atoms with Crippen molar-refractivity contribution in [1.29, 1.82) is 0 Å². The minimum atomic E-state index is -3.39. The van der Waals surface area contributed by atoms with E-state index in [9.17, 15) is 18.0 Å². The Morgan fingerprint density at radius 2 is 1.91 bits per heavy atom. The summed E-state index contributed by atoms with van der Waals surface area (Å²) in [5.74, 6) is -0.577. The van der Waals surface area contributed by atoms with Crippen LogP contribution in [0.15, 0.2) is 65.2 Å². The number of aryl methyl sites for hydroxylation is 1. The quantitative estimate of drug-likeness (QED) is 0.568. The van der Waals surface area contributed by atoms with Crippen LogP contribution in [0, 0.1) is 6.92 Å². The van der Waals surface area contributed by atoms with E-state index >= 15 is 0 Å². The highest BCUT2D eigenvalue weighted by Gasteiger charge is 2.30. The Kier molecular flexibility index (Phi) is 5.95. The van der Waals surface area contributed by atoms with E-state index in [1.165, 1.54) is 16.4 Å². The third kappa shape index (κ3) is 4.65. The summed E-state index contributed by atoms with van der Waals surface area (Å²) in [6, 6.07) is 16.3. The first-order valence-electron chi connectivity index (χ1n) is 9.94. The zero-order valence-electron chi connectivity index (χ0n) is 17.2. The fourth-order valence-corrected chi connectivity index (χ4v) is 4.97. The minimum absolute atomic E-state index is 0.0689. The molecule has 1 atom stereocenters. The molecule has 32 heavy (non-hydrogen) atoms. The predicted octanol–water partition coefficient (Wildman–Crippen LogP) is 3.06. The minimum Gasteiger partial charge on any atom is -0.444 e. The second-order valence-corrected chi connectivity index (χ2v) is 9.31. The molecule has 0 aliphatic carbocycles. The van der Waals surface area contributed by atoms with Gasteiger partial charge in [-0.25, -0.2) is 13.2 Å². The number of rotatable bonds is 6. The molecule has 0 spiro atoms. The van der Waals surface area contributed by atoms with Crippen LogP contribution in [0.1, 0.15) is 34.2 Å². The lowest BCUT2D eigenvalue weighted by atomic mass is 10.1. The van der Waals surface area contributed by atoms with Crippen molar-refractivity contribution in [2.45, 2.75) is 19.4 Å². The molecule has 1 aliphatic heterocycles. The van der Waals surface area contributed by atoms with Crippen molar-refractivity contribution in [2.75, 3.05) is 21.9 Å². The molecule has 1 unspecified atom stereocenters. The largest absolute Gasteiger partial charge is 0.444 e. The molecule has 9 nitrogen and oxygen atoms in total. The average molecular weight is 455 g/mol. The number of ether oxygens (including phenoxy) is 1. The van der Waals surface area contributed by atoms with Gasteiger partial charge in [0.2, 0.25) is 16.1 Å². The van der Waals surface area contributed by atoms with Gasteiger partial charge in [0.1, 0.15) is 5.76 Å². The zero-order chi connectivity index (χ0) is 22.7. The van der Waals surface area contributed by atoms with Crippen LogP contribution >= 0.6 is 0 Å². The van der Waals surface area contributed by atoms with E-state index in [4.69, 9.17) is 9.26 Å². The van der Waals surface area contributed by atoms with Gasteiger partial charge in [0.25, 0.3) is 5.91 Å². The number of anilines is 2. The monoisotopic (exact) mass is 455 g/mol. The normalized spacial score (nSPS) is 15.8. The van der Waals surface area contributed by atoms with Crippen molar-refractivity contribution in [3.8, 4) is 0 Å². The van der Waals surface area contributed by atoms with Gasteiger partial charge in [-0.05, 0) is 31.5 Å². The molecule has 10 heteroatoms. The number of hydrogen-bond donors (Lipinski definition) is 1. The summed E-state index contributed by atoms with van der Waals surface area (Å²) in [6.07, 6.45) is -0.728. The van der Waals surface area contributed by atoms with Gasteiger partial charge in [0.15, 0.2) is 5.82 Å². The fraction of sp³-hybridized carbons (Fsp3) is 0.227. The van der Waals surface area contributed by atoms with Crippen LogP contribution in [0.3, 0.4) is 0 Å². The predicted molar refractivity (Wildman–Crippen MR) is 117 cm³/mol. The molecule has 1 N–H and O–H groups in total. The maximum absolute atomic E-state index is 12.9. The third-order valence-electron chi connectivity index (χ3n) is 4.91. The summed E-state index contributed by atoms with van der Waals surface area (Å²) in [5, 5.41) is 6.31. The number of carbonyl (C=O) groups is 2. The number of sulfonamides is 1. The lowest BCUT2D eigenvalue weighted by molar-refractivity contribution is -0.125. The highest BCUT2D eigenvalue weighted by Crippen LogP contribution is 2.27. The Labute approximate surface area is 185 Å². The number of amides is 1. The Morgan fingerprint density at radius 1 is 1.12 bits per heavy atom. The van der Waals surface area contributed by atoms with Gasteiger partial charge in [-0.2, -0.15) is 0 Å². The van der Waals surface area contributed by atoms with Crippen LogP contribution in [0.25, 0.3) is 0 Å². The van der Waals surface area contributed by atoms with Crippen molar-refractivity contribution in [3.63, 3.8) is 0 Å². The van der Waals surface area contributed by atoms with Gasteiger partial charge in [-0.15, -0.1) is 0 Å². The van der Waals surface area contributed by atoms with Crippen LogP contribution in [0.5, 0.6) is 0 Å². The Bertz CT molecular complexity index is 1240. The zero-order valence-corrected chi connectivity index (χ0v) is 18.0. The maximum Gasteiger partial charge on any atom is 0.339 e. The Hall–Kier alpha value is -3.66. The first-order valence-corrected chi connectivity index (χ1v) is 11.5. The van der Waals surface area contributed by atoms with Gasteiger partial charge in [-0.3, -0.25) is 9.10 Å². The molecule has 1 fully saturated rings. The molecule has 0 saturated carbocycles. The van der Waals surface area contributed by atoms with Gasteiger partial charge in [-0.1, -0.05) is 41.6 Å². The van der Waals surface area contributed by atoms with Crippen molar-refractivity contribution in [2.24, 2.45) is 0 Å². The van der Waals surface area contributed by atoms with Crippen molar-refractivity contribution < 1.29 is 27.3 Å². The number of carbonyl (C=O) groups excluding carboxylic acids is 2. The van der Waals surface area contributed by atoms with E-state index in [1.54, 1.807) is 55.5 Å². The molecular formula is C22H21N3O6S. The van der Waals surface area contributed by atoms with Gasteiger partial charge in [0.05, 0.1) is 17.0 Å². The first kappa shape index (κ1) is 21.6. The summed E-state index contributed by atoms with van der Waals surface area (Å²) >= 11 is 0. The first-order chi connectivity index (χ1) is 15.3. The van der Waals surface area contributed by atoms with Gasteiger partial charge >= 0.3 is 5.97 Å². The number of nitrogens with one attached hydrogen (secondary N) is 1. The summed E-state index contributed by atoms with van der Waals surface area (Å²) in [4.78, 5) is 25.8. The van der Waals surface area contributed by atoms with E-state index in [2.05, 4.69) is 10.5 Å². The summed E-state index contributed by atoms with van der Waals surface area (Å²) in [5.41, 5.74) is 0.989. The second kappa shape index (κ2) is 8.83. The number of esters is 1. The lowest BCUT2D eigenvalue weighted by Gasteiger charge is -2.19. The SMILES string of the molecule is Cc1cc(NC(=O)C(OC(=O)c2cccc(N3CCCS3(=O)=O)c2)c2ccccc2)no1. The van der Waals surface area contributed by atoms with Crippen LogP contribution in [-0.4, -0.2) is 37.7 Å². The molecule has 2 aromatic carbocycles. The number of aromatic nitrogens is 1. The molecule has 2 heterocycles. The van der Waals surface area contributed by atoms with E-state index in [-0.39, 0.29) is 17.1 Å². The second-order valence-electron chi connectivity index (χ2n) is 7.30. The molecule has 1 amide bonds. The smallest absolute Gasteiger partial charge is 0.339 e. The van der Waals surface area contributed by atoms with Crippen LogP contribution in [0.2, 0.25) is 0 Å². The average Bonchev–Trinajstić information content (AvgIpc) is 3.36. The van der Waals surface area contributed by atoms with Crippen molar-refractivity contribution >= 4 is 33.4 Å². The molecular weight excluding hydrogens is 434 g/mol. The fourth-order valence-electron chi connectivity index (χ4n) is 3.41. The summed E-state index contributed by atoms with van der Waals surface area (Å²) in [6.45, 7) is 2.04. The molecule has 0 bridgehead atoms. The van der Waals surface area contributed by atoms with E-state index in [0.29, 0.717) is 30.0 Å².